The molecule has 1 fully saturated rings. The summed E-state index contributed by atoms with van der Waals surface area (Å²) in [4.78, 5) is 17.4. The first-order valence-electron chi connectivity index (χ1n) is 11.8. The monoisotopic (exact) mass is 461 g/mol. The Bertz CT molecular complexity index is 1230. The predicted molar refractivity (Wildman–Crippen MR) is 131 cm³/mol. The summed E-state index contributed by atoms with van der Waals surface area (Å²) in [6.45, 7) is 7.55. The van der Waals surface area contributed by atoms with Gasteiger partial charge in [0.1, 0.15) is 11.6 Å². The number of hydrogen-bond donors (Lipinski definition) is 1. The fourth-order valence-electron chi connectivity index (χ4n) is 5.37. The molecule has 0 aliphatic carbocycles. The van der Waals surface area contributed by atoms with Crippen molar-refractivity contribution in [2.45, 2.75) is 38.6 Å². The number of benzene rings is 3. The zero-order chi connectivity index (χ0) is 23.9. The van der Waals surface area contributed by atoms with Gasteiger partial charge in [-0.2, -0.15) is 0 Å². The number of nitrogens with zero attached hydrogens (tertiary/aromatic N) is 2. The zero-order valence-electron chi connectivity index (χ0n) is 19.6. The van der Waals surface area contributed by atoms with E-state index >= 15 is 0 Å². The molecule has 5 rings (SSSR count). The van der Waals surface area contributed by atoms with Crippen LogP contribution in [0.1, 0.15) is 35.1 Å². The summed E-state index contributed by atoms with van der Waals surface area (Å²) < 4.78 is 27.4. The van der Waals surface area contributed by atoms with Gasteiger partial charge in [0.15, 0.2) is 0 Å². The number of halogens is 2. The van der Waals surface area contributed by atoms with Gasteiger partial charge in [0.05, 0.1) is 5.69 Å². The van der Waals surface area contributed by atoms with Crippen molar-refractivity contribution in [2.75, 3.05) is 29.9 Å². The number of likely N-dealkylation sites (tertiary alicyclic amines) is 1. The van der Waals surface area contributed by atoms with Gasteiger partial charge in [0.2, 0.25) is 0 Å². The number of anilines is 2. The minimum atomic E-state index is -0.782. The molecule has 1 N–H and O–H groups in total. The number of amides is 2. The smallest absolute Gasteiger partial charge is 0.305 e. The van der Waals surface area contributed by atoms with Crippen molar-refractivity contribution < 1.29 is 13.6 Å². The molecule has 2 aliphatic rings. The van der Waals surface area contributed by atoms with Crippen LogP contribution in [0, 0.1) is 25.5 Å². The van der Waals surface area contributed by atoms with Gasteiger partial charge in [-0.1, -0.05) is 47.5 Å². The Morgan fingerprint density at radius 3 is 2.47 bits per heavy atom. The Kier molecular flexibility index (Phi) is 5.86. The summed E-state index contributed by atoms with van der Waals surface area (Å²) in [5, 5.41) is 2.64. The average Bonchev–Trinajstić information content (AvgIpc) is 3.11. The van der Waals surface area contributed by atoms with Gasteiger partial charge in [-0.3, -0.25) is 9.80 Å². The molecule has 2 heterocycles. The zero-order valence-corrected chi connectivity index (χ0v) is 19.6. The molecule has 176 valence electrons. The molecule has 0 radical (unpaired) electrons. The molecule has 3 aromatic carbocycles. The lowest BCUT2D eigenvalue weighted by molar-refractivity contribution is 0.160. The first kappa shape index (κ1) is 22.5. The van der Waals surface area contributed by atoms with Crippen molar-refractivity contribution >= 4 is 17.4 Å². The number of aryl methyl sites for hydroxylation is 2. The Labute approximate surface area is 199 Å². The molecule has 0 bridgehead atoms. The number of hydrogen-bond acceptors (Lipinski definition) is 2. The topological polar surface area (TPSA) is 35.6 Å². The van der Waals surface area contributed by atoms with E-state index in [9.17, 15) is 13.6 Å². The van der Waals surface area contributed by atoms with E-state index in [0.717, 1.165) is 55.9 Å². The van der Waals surface area contributed by atoms with E-state index in [1.54, 1.807) is 4.90 Å². The van der Waals surface area contributed by atoms with Crippen molar-refractivity contribution in [3.8, 4) is 0 Å². The van der Waals surface area contributed by atoms with Gasteiger partial charge in [-0.15, -0.1) is 0 Å². The van der Waals surface area contributed by atoms with E-state index in [4.69, 9.17) is 0 Å². The summed E-state index contributed by atoms with van der Waals surface area (Å²) in [6.07, 6.45) is 1.90. The number of carbonyl (C=O) groups is 1. The third kappa shape index (κ3) is 4.30. The van der Waals surface area contributed by atoms with Crippen LogP contribution < -0.4 is 10.2 Å². The first-order valence-corrected chi connectivity index (χ1v) is 11.8. The minimum absolute atomic E-state index is 0.0195. The molecule has 0 saturated carbocycles. The molecule has 6 heteroatoms. The quantitative estimate of drug-likeness (QED) is 0.507. The molecule has 0 aromatic heterocycles. The number of fused-ring (bicyclic) bond motifs is 2. The minimum Gasteiger partial charge on any atom is -0.305 e. The molecule has 1 saturated heterocycles. The summed E-state index contributed by atoms with van der Waals surface area (Å²) in [5.74, 6) is -1.45. The standard InChI is InChI=1S/C28H29F2N3O/c1-19-4-3-5-21(14-19)17-32-12-10-28(11-13-32)18-33(26-9-6-20(2)15-23(26)28)27(34)31-25-8-7-22(29)16-24(25)30/h3-9,14-16H,10-13,17-18H2,1-2H3,(H,31,34). The molecular formula is C28H29F2N3O. The summed E-state index contributed by atoms with van der Waals surface area (Å²) in [6, 6.07) is 17.6. The van der Waals surface area contributed by atoms with Gasteiger partial charge < -0.3 is 5.32 Å². The van der Waals surface area contributed by atoms with Crippen LogP contribution >= 0.6 is 0 Å². The maximum Gasteiger partial charge on any atom is 0.326 e. The predicted octanol–water partition coefficient (Wildman–Crippen LogP) is 6.17. The molecular weight excluding hydrogens is 432 g/mol. The number of urea groups is 1. The van der Waals surface area contributed by atoms with Gasteiger partial charge in [-0.25, -0.2) is 13.6 Å². The van der Waals surface area contributed by atoms with Gasteiger partial charge in [-0.05, 0) is 69.1 Å². The third-order valence-electron chi connectivity index (χ3n) is 7.19. The molecule has 0 unspecified atom stereocenters. The van der Waals surface area contributed by atoms with Crippen molar-refractivity contribution in [3.05, 3.63) is 94.6 Å². The summed E-state index contributed by atoms with van der Waals surface area (Å²) >= 11 is 0. The van der Waals surface area contributed by atoms with Crippen molar-refractivity contribution in [3.63, 3.8) is 0 Å². The number of nitrogens with one attached hydrogen (secondary N) is 1. The second-order valence-electron chi connectivity index (χ2n) is 9.71. The van der Waals surface area contributed by atoms with Crippen molar-refractivity contribution in [1.29, 1.82) is 0 Å². The highest BCUT2D eigenvalue weighted by Crippen LogP contribution is 2.47. The lowest BCUT2D eigenvalue weighted by Gasteiger charge is -2.40. The van der Waals surface area contributed by atoms with Crippen LogP contribution in [-0.4, -0.2) is 30.6 Å². The van der Waals surface area contributed by atoms with Crippen LogP contribution in [0.25, 0.3) is 0 Å². The first-order chi connectivity index (χ1) is 16.3. The highest BCUT2D eigenvalue weighted by Gasteiger charge is 2.46. The largest absolute Gasteiger partial charge is 0.326 e. The Morgan fingerprint density at radius 1 is 0.971 bits per heavy atom. The van der Waals surface area contributed by atoms with E-state index in [2.05, 4.69) is 54.4 Å². The van der Waals surface area contributed by atoms with E-state index in [-0.39, 0.29) is 11.1 Å². The van der Waals surface area contributed by atoms with E-state index in [0.29, 0.717) is 6.54 Å². The third-order valence-corrected chi connectivity index (χ3v) is 7.19. The maximum atomic E-state index is 14.2. The lowest BCUT2D eigenvalue weighted by Crippen LogP contribution is -2.46. The van der Waals surface area contributed by atoms with Gasteiger partial charge in [0, 0.05) is 30.3 Å². The summed E-state index contributed by atoms with van der Waals surface area (Å²) in [5.41, 5.74) is 5.67. The van der Waals surface area contributed by atoms with Crippen LogP contribution in [0.15, 0.2) is 60.7 Å². The van der Waals surface area contributed by atoms with Crippen LogP contribution in [0.4, 0.5) is 25.0 Å². The average molecular weight is 462 g/mol. The fourth-order valence-corrected chi connectivity index (χ4v) is 5.37. The molecule has 34 heavy (non-hydrogen) atoms. The maximum absolute atomic E-state index is 14.2. The van der Waals surface area contributed by atoms with Crippen molar-refractivity contribution in [1.82, 2.24) is 4.90 Å². The van der Waals surface area contributed by atoms with Crippen LogP contribution in [0.2, 0.25) is 0 Å². The number of carbonyl (C=O) groups excluding carboxylic acids is 1. The number of rotatable bonds is 3. The highest BCUT2D eigenvalue weighted by molar-refractivity contribution is 6.03. The second kappa shape index (κ2) is 8.84. The Morgan fingerprint density at radius 2 is 1.74 bits per heavy atom. The number of piperidine rings is 1. The van der Waals surface area contributed by atoms with Crippen LogP contribution in [0.3, 0.4) is 0 Å². The Hall–Kier alpha value is -3.25. The Balaban J connectivity index is 1.35. The van der Waals surface area contributed by atoms with E-state index < -0.39 is 17.7 Å². The SMILES string of the molecule is Cc1cccc(CN2CCC3(CC2)CN(C(=O)Nc2ccc(F)cc2F)c2ccc(C)cc23)c1. The molecule has 2 amide bonds. The van der Waals surface area contributed by atoms with Gasteiger partial charge >= 0.3 is 6.03 Å². The second-order valence-corrected chi connectivity index (χ2v) is 9.71. The normalized spacial score (nSPS) is 17.1. The van der Waals surface area contributed by atoms with E-state index in [1.165, 1.54) is 22.8 Å². The summed E-state index contributed by atoms with van der Waals surface area (Å²) in [7, 11) is 0. The van der Waals surface area contributed by atoms with Gasteiger partial charge in [0.25, 0.3) is 0 Å². The lowest BCUT2D eigenvalue weighted by atomic mass is 9.74. The molecule has 3 aromatic rings. The van der Waals surface area contributed by atoms with Crippen molar-refractivity contribution in [2.24, 2.45) is 0 Å². The van der Waals surface area contributed by atoms with Crippen LogP contribution in [-0.2, 0) is 12.0 Å². The van der Waals surface area contributed by atoms with Crippen LogP contribution in [0.5, 0.6) is 0 Å². The molecule has 4 nitrogen and oxygen atoms in total. The fraction of sp³-hybridized carbons (Fsp3) is 0.321. The van der Waals surface area contributed by atoms with E-state index in [1.807, 2.05) is 12.1 Å². The molecule has 2 aliphatic heterocycles. The highest BCUT2D eigenvalue weighted by atomic mass is 19.1. The molecule has 0 atom stereocenters. The molecule has 1 spiro atoms.